The Labute approximate surface area is 130 Å². The van der Waals surface area contributed by atoms with Gasteiger partial charge in [-0.15, -0.1) is 0 Å². The Morgan fingerprint density at radius 3 is 2.41 bits per heavy atom. The second-order valence-electron chi connectivity index (χ2n) is 5.71. The predicted molar refractivity (Wildman–Crippen MR) is 87.6 cm³/mol. The van der Waals surface area contributed by atoms with Gasteiger partial charge in [0, 0.05) is 12.0 Å². The lowest BCUT2D eigenvalue weighted by molar-refractivity contribution is 0.249. The van der Waals surface area contributed by atoms with Crippen LogP contribution in [0.1, 0.15) is 25.0 Å². The maximum Gasteiger partial charge on any atom is 0.319 e. The number of nitrogens with zero attached hydrogens (tertiary/aromatic N) is 1. The molecule has 112 valence electrons. The molecule has 0 saturated heterocycles. The molecule has 0 bridgehead atoms. The molecule has 4 nitrogen and oxygen atoms in total. The lowest BCUT2D eigenvalue weighted by Gasteiger charge is -2.25. The van der Waals surface area contributed by atoms with Crippen molar-refractivity contribution in [3.8, 4) is 6.07 Å². The van der Waals surface area contributed by atoms with Gasteiger partial charge >= 0.3 is 6.03 Å². The zero-order chi connectivity index (χ0) is 16.0. The van der Waals surface area contributed by atoms with Gasteiger partial charge < -0.3 is 10.6 Å². The zero-order valence-electron chi connectivity index (χ0n) is 12.8. The number of amides is 2. The zero-order valence-corrected chi connectivity index (χ0v) is 12.8. The minimum Gasteiger partial charge on any atom is -0.337 e. The molecule has 0 aliphatic rings. The normalized spacial score (nSPS) is 10.6. The standard InChI is InChI=1S/C18H19N3O/c1-18(2,15-9-4-3-5-10-15)13-20-17(22)21-16-11-7-6-8-14(16)12-19/h3-11H,13H2,1-2H3,(H2,20,21,22). The number of anilines is 1. The molecule has 0 atom stereocenters. The molecule has 22 heavy (non-hydrogen) atoms. The number of benzene rings is 2. The average molecular weight is 293 g/mol. The number of nitriles is 1. The van der Waals surface area contributed by atoms with Crippen LogP contribution in [0, 0.1) is 11.3 Å². The second kappa shape index (κ2) is 6.77. The Bertz CT molecular complexity index is 687. The number of rotatable bonds is 4. The van der Waals surface area contributed by atoms with Gasteiger partial charge in [0.2, 0.25) is 0 Å². The Hall–Kier alpha value is -2.80. The molecule has 0 aliphatic carbocycles. The van der Waals surface area contributed by atoms with Crippen molar-refractivity contribution in [1.82, 2.24) is 5.32 Å². The molecule has 0 spiro atoms. The monoisotopic (exact) mass is 293 g/mol. The van der Waals surface area contributed by atoms with E-state index >= 15 is 0 Å². The van der Waals surface area contributed by atoms with Gasteiger partial charge in [-0.1, -0.05) is 56.3 Å². The number of carbonyl (C=O) groups excluding carboxylic acids is 1. The van der Waals surface area contributed by atoms with Gasteiger partial charge in [0.25, 0.3) is 0 Å². The molecule has 2 rings (SSSR count). The highest BCUT2D eigenvalue weighted by Crippen LogP contribution is 2.21. The van der Waals surface area contributed by atoms with Crippen molar-refractivity contribution in [3.05, 3.63) is 65.7 Å². The van der Waals surface area contributed by atoms with Crippen LogP contribution >= 0.6 is 0 Å². The molecule has 2 aromatic carbocycles. The lowest BCUT2D eigenvalue weighted by Crippen LogP contribution is -2.39. The van der Waals surface area contributed by atoms with Gasteiger partial charge in [0.15, 0.2) is 0 Å². The minimum atomic E-state index is -0.313. The SMILES string of the molecule is CC(C)(CNC(=O)Nc1ccccc1C#N)c1ccccc1. The maximum atomic E-state index is 12.0. The quantitative estimate of drug-likeness (QED) is 0.903. The highest BCUT2D eigenvalue weighted by atomic mass is 16.2. The highest BCUT2D eigenvalue weighted by Gasteiger charge is 2.21. The van der Waals surface area contributed by atoms with E-state index in [0.29, 0.717) is 17.8 Å². The number of para-hydroxylation sites is 1. The molecule has 0 fully saturated rings. The van der Waals surface area contributed by atoms with E-state index in [1.54, 1.807) is 24.3 Å². The van der Waals surface area contributed by atoms with Crippen LogP contribution in [0.3, 0.4) is 0 Å². The summed E-state index contributed by atoms with van der Waals surface area (Å²) in [5.41, 5.74) is 1.94. The summed E-state index contributed by atoms with van der Waals surface area (Å²) < 4.78 is 0. The van der Waals surface area contributed by atoms with Gasteiger partial charge in [-0.25, -0.2) is 4.79 Å². The van der Waals surface area contributed by atoms with Crippen LogP contribution in [0.4, 0.5) is 10.5 Å². The van der Waals surface area contributed by atoms with Crippen LogP contribution in [0.5, 0.6) is 0 Å². The van der Waals surface area contributed by atoms with E-state index in [0.717, 1.165) is 5.56 Å². The first-order valence-corrected chi connectivity index (χ1v) is 7.12. The van der Waals surface area contributed by atoms with E-state index in [4.69, 9.17) is 5.26 Å². The average Bonchev–Trinajstić information content (AvgIpc) is 2.54. The van der Waals surface area contributed by atoms with Crippen molar-refractivity contribution in [2.75, 3.05) is 11.9 Å². The summed E-state index contributed by atoms with van der Waals surface area (Å²) in [5, 5.41) is 14.6. The van der Waals surface area contributed by atoms with E-state index in [1.165, 1.54) is 0 Å². The molecular formula is C18H19N3O. The third-order valence-electron chi connectivity index (χ3n) is 3.54. The molecular weight excluding hydrogens is 274 g/mol. The van der Waals surface area contributed by atoms with Crippen molar-refractivity contribution >= 4 is 11.7 Å². The van der Waals surface area contributed by atoms with E-state index < -0.39 is 0 Å². The Balaban J connectivity index is 1.97. The fraction of sp³-hybridized carbons (Fsp3) is 0.222. The number of carbonyl (C=O) groups is 1. The first-order chi connectivity index (χ1) is 10.5. The summed E-state index contributed by atoms with van der Waals surface area (Å²) in [6, 6.07) is 18.7. The van der Waals surface area contributed by atoms with Crippen LogP contribution in [0.25, 0.3) is 0 Å². The van der Waals surface area contributed by atoms with Crippen molar-refractivity contribution in [1.29, 1.82) is 5.26 Å². The molecule has 0 aliphatic heterocycles. The minimum absolute atomic E-state index is 0.173. The second-order valence-corrected chi connectivity index (χ2v) is 5.71. The lowest BCUT2D eigenvalue weighted by atomic mass is 9.85. The van der Waals surface area contributed by atoms with Crippen LogP contribution in [0.2, 0.25) is 0 Å². The van der Waals surface area contributed by atoms with E-state index in [2.05, 4.69) is 30.6 Å². The van der Waals surface area contributed by atoms with Crippen molar-refractivity contribution in [2.45, 2.75) is 19.3 Å². The largest absolute Gasteiger partial charge is 0.337 e. The molecule has 0 radical (unpaired) electrons. The fourth-order valence-electron chi connectivity index (χ4n) is 2.15. The number of hydrogen-bond donors (Lipinski definition) is 2. The molecule has 0 saturated carbocycles. The van der Waals surface area contributed by atoms with Gasteiger partial charge in [0.1, 0.15) is 6.07 Å². The Kier molecular flexibility index (Phi) is 4.80. The summed E-state index contributed by atoms with van der Waals surface area (Å²) in [6.07, 6.45) is 0. The van der Waals surface area contributed by atoms with Gasteiger partial charge in [-0.2, -0.15) is 5.26 Å². The van der Waals surface area contributed by atoms with Gasteiger partial charge in [0.05, 0.1) is 11.3 Å². The fourth-order valence-corrected chi connectivity index (χ4v) is 2.15. The number of nitrogens with one attached hydrogen (secondary N) is 2. The summed E-state index contributed by atoms with van der Waals surface area (Å²) in [5.74, 6) is 0. The van der Waals surface area contributed by atoms with Crippen LogP contribution in [-0.2, 0) is 5.41 Å². The molecule has 2 aromatic rings. The van der Waals surface area contributed by atoms with E-state index in [-0.39, 0.29) is 11.4 Å². The van der Waals surface area contributed by atoms with E-state index in [1.807, 2.05) is 30.3 Å². The molecule has 2 N–H and O–H groups in total. The molecule has 0 unspecified atom stereocenters. The van der Waals surface area contributed by atoms with Crippen LogP contribution < -0.4 is 10.6 Å². The van der Waals surface area contributed by atoms with Crippen molar-refractivity contribution in [2.24, 2.45) is 0 Å². The summed E-state index contributed by atoms with van der Waals surface area (Å²) in [6.45, 7) is 4.65. The summed E-state index contributed by atoms with van der Waals surface area (Å²) in [4.78, 5) is 12.0. The third-order valence-corrected chi connectivity index (χ3v) is 3.54. The smallest absolute Gasteiger partial charge is 0.319 e. The highest BCUT2D eigenvalue weighted by molar-refractivity contribution is 5.90. The Morgan fingerprint density at radius 1 is 1.09 bits per heavy atom. The van der Waals surface area contributed by atoms with Crippen molar-refractivity contribution in [3.63, 3.8) is 0 Å². The number of urea groups is 1. The first kappa shape index (κ1) is 15.6. The maximum absolute atomic E-state index is 12.0. The Morgan fingerprint density at radius 2 is 1.73 bits per heavy atom. The molecule has 0 aromatic heterocycles. The molecule has 4 heteroatoms. The molecule has 2 amide bonds. The van der Waals surface area contributed by atoms with Crippen LogP contribution in [-0.4, -0.2) is 12.6 Å². The predicted octanol–water partition coefficient (Wildman–Crippen LogP) is 3.66. The van der Waals surface area contributed by atoms with E-state index in [9.17, 15) is 4.79 Å². The summed E-state index contributed by atoms with van der Waals surface area (Å²) >= 11 is 0. The topological polar surface area (TPSA) is 64.9 Å². The first-order valence-electron chi connectivity index (χ1n) is 7.12. The molecule has 0 heterocycles. The van der Waals surface area contributed by atoms with Crippen molar-refractivity contribution < 1.29 is 4.79 Å². The van der Waals surface area contributed by atoms with Crippen LogP contribution in [0.15, 0.2) is 54.6 Å². The summed E-state index contributed by atoms with van der Waals surface area (Å²) in [7, 11) is 0. The number of hydrogen-bond acceptors (Lipinski definition) is 2. The third kappa shape index (κ3) is 3.86. The van der Waals surface area contributed by atoms with Gasteiger partial charge in [-0.05, 0) is 17.7 Å². The van der Waals surface area contributed by atoms with Gasteiger partial charge in [-0.3, -0.25) is 0 Å².